The largest absolute Gasteiger partial charge is 0.573 e. The van der Waals surface area contributed by atoms with Crippen molar-refractivity contribution in [1.82, 2.24) is 5.32 Å². The van der Waals surface area contributed by atoms with E-state index in [4.69, 9.17) is 5.73 Å². The molecule has 4 N–H and O–H groups in total. The number of primary amides is 1. The van der Waals surface area contributed by atoms with Crippen LogP contribution >= 0.6 is 11.8 Å². The van der Waals surface area contributed by atoms with E-state index in [1.165, 1.54) is 12.1 Å². The summed E-state index contributed by atoms with van der Waals surface area (Å²) in [5, 5.41) is 4.22. The number of nitrogens with two attached hydrogens (primary N) is 1. The fourth-order valence-electron chi connectivity index (χ4n) is 2.02. The first-order valence-electron chi connectivity index (χ1n) is 7.01. The number of benzene rings is 1. The van der Waals surface area contributed by atoms with Crippen LogP contribution in [0.25, 0.3) is 0 Å². The summed E-state index contributed by atoms with van der Waals surface area (Å²) in [6.45, 7) is 0. The standard InChI is InChI=1S/C14H14F3N3O4S/c15-14(16,17)24-8-3-1-7(2-4-8)19-11(21)5-10-13(23)20-9(6-25-10)12(18)22/h1-4,9-10H,5-6H2,(H2,18,22)(H,19,21)(H,20,23)/t9-,10+/m1/s1. The molecule has 0 unspecified atom stereocenters. The summed E-state index contributed by atoms with van der Waals surface area (Å²) >= 11 is 1.14. The highest BCUT2D eigenvalue weighted by atomic mass is 32.2. The number of nitrogens with one attached hydrogen (secondary N) is 2. The van der Waals surface area contributed by atoms with E-state index < -0.39 is 41.1 Å². The van der Waals surface area contributed by atoms with Gasteiger partial charge in [0.15, 0.2) is 0 Å². The van der Waals surface area contributed by atoms with Crippen LogP contribution in [0.15, 0.2) is 24.3 Å². The van der Waals surface area contributed by atoms with Gasteiger partial charge >= 0.3 is 6.36 Å². The zero-order chi connectivity index (χ0) is 18.6. The van der Waals surface area contributed by atoms with Crippen LogP contribution in [0.3, 0.4) is 0 Å². The smallest absolute Gasteiger partial charge is 0.406 e. The van der Waals surface area contributed by atoms with Crippen LogP contribution in [0, 0.1) is 0 Å². The van der Waals surface area contributed by atoms with Gasteiger partial charge < -0.3 is 21.1 Å². The number of hydrogen-bond acceptors (Lipinski definition) is 5. The molecular formula is C14H14F3N3O4S. The van der Waals surface area contributed by atoms with Crippen LogP contribution in [0.1, 0.15) is 6.42 Å². The Morgan fingerprint density at radius 3 is 2.48 bits per heavy atom. The molecule has 3 amide bonds. The van der Waals surface area contributed by atoms with Crippen LogP contribution < -0.4 is 21.1 Å². The lowest BCUT2D eigenvalue weighted by molar-refractivity contribution is -0.274. The Hall–Kier alpha value is -2.43. The Labute approximate surface area is 144 Å². The average Bonchev–Trinajstić information content (AvgIpc) is 2.49. The highest BCUT2D eigenvalue weighted by Crippen LogP contribution is 2.25. The zero-order valence-electron chi connectivity index (χ0n) is 12.6. The number of carbonyl (C=O) groups is 3. The Bertz CT molecular complexity index is 666. The molecule has 7 nitrogen and oxygen atoms in total. The van der Waals surface area contributed by atoms with Crippen LogP contribution in [-0.2, 0) is 14.4 Å². The molecule has 0 spiro atoms. The monoisotopic (exact) mass is 377 g/mol. The summed E-state index contributed by atoms with van der Waals surface area (Å²) in [7, 11) is 0. The van der Waals surface area contributed by atoms with Gasteiger partial charge in [-0.15, -0.1) is 24.9 Å². The molecule has 1 saturated heterocycles. The van der Waals surface area contributed by atoms with Crippen LogP contribution in [-0.4, -0.2) is 41.1 Å². The van der Waals surface area contributed by atoms with E-state index in [2.05, 4.69) is 15.4 Å². The van der Waals surface area contributed by atoms with Gasteiger partial charge in [-0.3, -0.25) is 14.4 Å². The molecule has 1 aromatic carbocycles. The summed E-state index contributed by atoms with van der Waals surface area (Å²) < 4.78 is 39.9. The summed E-state index contributed by atoms with van der Waals surface area (Å²) in [5.74, 6) is -1.75. The molecule has 1 heterocycles. The van der Waals surface area contributed by atoms with Crippen LogP contribution in [0.5, 0.6) is 5.75 Å². The van der Waals surface area contributed by atoms with E-state index in [1.807, 2.05) is 0 Å². The minimum atomic E-state index is -4.79. The van der Waals surface area contributed by atoms with E-state index in [0.717, 1.165) is 23.9 Å². The SMILES string of the molecule is NC(=O)[C@H]1CS[C@@H](CC(=O)Nc2ccc(OC(F)(F)F)cc2)C(=O)N1. The summed E-state index contributed by atoms with van der Waals surface area (Å²) in [6.07, 6.45) is -4.94. The predicted octanol–water partition coefficient (Wildman–Crippen LogP) is 0.999. The average molecular weight is 377 g/mol. The number of carbonyl (C=O) groups excluding carboxylic acids is 3. The maximum Gasteiger partial charge on any atom is 0.573 e. The Morgan fingerprint density at radius 1 is 1.32 bits per heavy atom. The number of halogens is 3. The van der Waals surface area contributed by atoms with Crippen molar-refractivity contribution in [3.63, 3.8) is 0 Å². The molecule has 25 heavy (non-hydrogen) atoms. The molecule has 2 rings (SSSR count). The lowest BCUT2D eigenvalue weighted by Crippen LogP contribution is -2.53. The molecule has 2 atom stereocenters. The van der Waals surface area contributed by atoms with Crippen molar-refractivity contribution in [3.8, 4) is 5.75 Å². The molecule has 0 bridgehead atoms. The van der Waals surface area contributed by atoms with Gasteiger partial charge in [-0.25, -0.2) is 0 Å². The van der Waals surface area contributed by atoms with Gasteiger partial charge in [0, 0.05) is 17.9 Å². The predicted molar refractivity (Wildman–Crippen MR) is 83.7 cm³/mol. The Balaban J connectivity index is 1.86. The van der Waals surface area contributed by atoms with Gasteiger partial charge in [-0.2, -0.15) is 0 Å². The highest BCUT2D eigenvalue weighted by molar-refractivity contribution is 8.00. The summed E-state index contributed by atoms with van der Waals surface area (Å²) in [6, 6.07) is 3.84. The van der Waals surface area contributed by atoms with E-state index in [9.17, 15) is 27.6 Å². The van der Waals surface area contributed by atoms with Gasteiger partial charge in [0.05, 0.1) is 5.25 Å². The number of amides is 3. The van der Waals surface area contributed by atoms with E-state index in [-0.39, 0.29) is 17.9 Å². The van der Waals surface area contributed by atoms with Gasteiger partial charge in [-0.05, 0) is 24.3 Å². The van der Waals surface area contributed by atoms with E-state index in [1.54, 1.807) is 0 Å². The van der Waals surface area contributed by atoms with Crippen molar-refractivity contribution < 1.29 is 32.3 Å². The first-order chi connectivity index (χ1) is 11.6. The third-order valence-corrected chi connectivity index (χ3v) is 4.47. The van der Waals surface area contributed by atoms with Crippen molar-refractivity contribution in [2.75, 3.05) is 11.1 Å². The molecule has 1 aliphatic rings. The van der Waals surface area contributed by atoms with Crippen molar-refractivity contribution in [2.45, 2.75) is 24.1 Å². The second-order valence-electron chi connectivity index (χ2n) is 5.11. The third-order valence-electron chi connectivity index (χ3n) is 3.16. The zero-order valence-corrected chi connectivity index (χ0v) is 13.4. The number of thioether (sulfide) groups is 1. The molecule has 1 fully saturated rings. The second-order valence-corrected chi connectivity index (χ2v) is 6.35. The Kier molecular flexibility index (Phi) is 5.77. The maximum atomic E-state index is 12.1. The molecule has 1 aromatic rings. The number of rotatable bonds is 5. The molecule has 1 aliphatic heterocycles. The molecule has 0 radical (unpaired) electrons. The first kappa shape index (κ1) is 18.9. The molecule has 0 aromatic heterocycles. The lowest BCUT2D eigenvalue weighted by Gasteiger charge is -2.26. The maximum absolute atomic E-state index is 12.1. The number of alkyl halides is 3. The lowest BCUT2D eigenvalue weighted by atomic mass is 10.2. The van der Waals surface area contributed by atoms with E-state index in [0.29, 0.717) is 0 Å². The van der Waals surface area contributed by atoms with Gasteiger partial charge in [-0.1, -0.05) is 0 Å². The van der Waals surface area contributed by atoms with Gasteiger partial charge in [0.25, 0.3) is 0 Å². The quantitative estimate of drug-likeness (QED) is 0.709. The van der Waals surface area contributed by atoms with Crippen molar-refractivity contribution >= 4 is 35.2 Å². The van der Waals surface area contributed by atoms with Crippen LogP contribution in [0.2, 0.25) is 0 Å². The summed E-state index contributed by atoms with van der Waals surface area (Å²) in [5.41, 5.74) is 5.36. The van der Waals surface area contributed by atoms with E-state index >= 15 is 0 Å². The molecule has 0 aliphatic carbocycles. The molecular weight excluding hydrogens is 363 g/mol. The third kappa shape index (κ3) is 5.85. The minimum Gasteiger partial charge on any atom is -0.406 e. The van der Waals surface area contributed by atoms with Gasteiger partial charge in [0.2, 0.25) is 17.7 Å². The Morgan fingerprint density at radius 2 is 1.96 bits per heavy atom. The minimum absolute atomic E-state index is 0.150. The normalized spacial score (nSPS) is 20.5. The number of anilines is 1. The highest BCUT2D eigenvalue weighted by Gasteiger charge is 2.33. The first-order valence-corrected chi connectivity index (χ1v) is 8.06. The fraction of sp³-hybridized carbons (Fsp3) is 0.357. The van der Waals surface area contributed by atoms with Crippen LogP contribution in [0.4, 0.5) is 18.9 Å². The molecule has 11 heteroatoms. The topological polar surface area (TPSA) is 111 Å². The van der Waals surface area contributed by atoms with Gasteiger partial charge in [0.1, 0.15) is 11.8 Å². The van der Waals surface area contributed by atoms with Crippen molar-refractivity contribution in [2.24, 2.45) is 5.73 Å². The summed E-state index contributed by atoms with van der Waals surface area (Å²) in [4.78, 5) is 34.8. The second kappa shape index (κ2) is 7.64. The number of ether oxygens (including phenoxy) is 1. The molecule has 0 saturated carbocycles. The van der Waals surface area contributed by atoms with Crippen molar-refractivity contribution in [1.29, 1.82) is 0 Å². The van der Waals surface area contributed by atoms with Crippen molar-refractivity contribution in [3.05, 3.63) is 24.3 Å². The fourth-order valence-corrected chi connectivity index (χ4v) is 3.18. The number of hydrogen-bond donors (Lipinski definition) is 3. The molecule has 136 valence electrons.